The molecule has 2 aliphatic heterocycles. The van der Waals surface area contributed by atoms with Gasteiger partial charge in [0.15, 0.2) is 0 Å². The van der Waals surface area contributed by atoms with Gasteiger partial charge in [-0.05, 0) is 43.4 Å². The summed E-state index contributed by atoms with van der Waals surface area (Å²) in [6.45, 7) is 7.51. The third-order valence-corrected chi connectivity index (χ3v) is 5.08. The molecule has 5 nitrogen and oxygen atoms in total. The molecule has 2 aliphatic rings. The molecule has 0 aromatic rings. The minimum Gasteiger partial charge on any atom is -0.481 e. The Labute approximate surface area is 127 Å². The lowest BCUT2D eigenvalue weighted by molar-refractivity contribution is -0.138. The number of carbonyl (C=O) groups is 2. The van der Waals surface area contributed by atoms with E-state index in [0.717, 1.165) is 57.8 Å². The number of hydrogen-bond acceptors (Lipinski definition) is 2. The van der Waals surface area contributed by atoms with Crippen molar-refractivity contribution in [2.75, 3.05) is 26.2 Å². The molecule has 2 unspecified atom stereocenters. The number of urea groups is 1. The zero-order chi connectivity index (χ0) is 15.4. The van der Waals surface area contributed by atoms with Crippen molar-refractivity contribution in [2.24, 2.45) is 17.8 Å². The minimum atomic E-state index is -0.740. The molecule has 120 valence electrons. The third kappa shape index (κ3) is 4.35. The molecule has 0 aromatic carbocycles. The second kappa shape index (κ2) is 7.14. The van der Waals surface area contributed by atoms with Gasteiger partial charge in [-0.15, -0.1) is 0 Å². The third-order valence-electron chi connectivity index (χ3n) is 5.08. The number of nitrogens with zero attached hydrogens (tertiary/aromatic N) is 2. The van der Waals surface area contributed by atoms with E-state index in [9.17, 15) is 9.59 Å². The molecular weight excluding hydrogens is 268 g/mol. The number of rotatable bonds is 3. The van der Waals surface area contributed by atoms with Crippen LogP contribution in [-0.2, 0) is 4.79 Å². The van der Waals surface area contributed by atoms with Crippen molar-refractivity contribution in [3.05, 3.63) is 0 Å². The Morgan fingerprint density at radius 3 is 2.43 bits per heavy atom. The standard InChI is InChI=1S/C16H28N2O3/c1-12-5-8-17(9-6-12)16(21)18-7-3-4-14(11-18)13(2)10-15(19)20/h12-14H,3-11H2,1-2H3,(H,19,20). The molecule has 2 saturated heterocycles. The topological polar surface area (TPSA) is 60.9 Å². The molecule has 0 aliphatic carbocycles. The minimum absolute atomic E-state index is 0.138. The number of hydrogen-bond donors (Lipinski definition) is 1. The normalized spacial score (nSPS) is 25.7. The lowest BCUT2D eigenvalue weighted by Gasteiger charge is -2.40. The summed E-state index contributed by atoms with van der Waals surface area (Å²) in [7, 11) is 0. The molecule has 2 fully saturated rings. The van der Waals surface area contributed by atoms with E-state index in [-0.39, 0.29) is 18.4 Å². The molecule has 0 spiro atoms. The van der Waals surface area contributed by atoms with Crippen LogP contribution in [0, 0.1) is 17.8 Å². The summed E-state index contributed by atoms with van der Waals surface area (Å²) in [5, 5.41) is 8.93. The van der Waals surface area contributed by atoms with Crippen molar-refractivity contribution in [3.8, 4) is 0 Å². The van der Waals surface area contributed by atoms with Gasteiger partial charge in [-0.25, -0.2) is 4.79 Å². The van der Waals surface area contributed by atoms with E-state index >= 15 is 0 Å². The number of carboxylic acid groups (broad SMARTS) is 1. The van der Waals surface area contributed by atoms with Gasteiger partial charge in [0.25, 0.3) is 0 Å². The van der Waals surface area contributed by atoms with Crippen LogP contribution in [-0.4, -0.2) is 53.1 Å². The fourth-order valence-corrected chi connectivity index (χ4v) is 3.49. The second-order valence-corrected chi connectivity index (χ2v) is 6.88. The summed E-state index contributed by atoms with van der Waals surface area (Å²) in [6, 6.07) is 0.161. The number of piperidine rings is 2. The first-order valence-electron chi connectivity index (χ1n) is 8.23. The van der Waals surface area contributed by atoms with Crippen LogP contribution < -0.4 is 0 Å². The number of aliphatic carboxylic acids is 1. The number of carbonyl (C=O) groups excluding carboxylic acids is 1. The predicted molar refractivity (Wildman–Crippen MR) is 81.1 cm³/mol. The quantitative estimate of drug-likeness (QED) is 0.871. The van der Waals surface area contributed by atoms with Crippen molar-refractivity contribution in [1.82, 2.24) is 9.80 Å². The van der Waals surface area contributed by atoms with Gasteiger partial charge in [-0.2, -0.15) is 0 Å². The van der Waals surface area contributed by atoms with Gasteiger partial charge in [-0.3, -0.25) is 4.79 Å². The average Bonchev–Trinajstić information content (AvgIpc) is 2.47. The van der Waals surface area contributed by atoms with Crippen LogP contribution in [0.2, 0.25) is 0 Å². The Bertz CT molecular complexity index is 378. The first-order chi connectivity index (χ1) is 9.97. The number of likely N-dealkylation sites (tertiary alicyclic amines) is 2. The van der Waals surface area contributed by atoms with Crippen LogP contribution in [0.3, 0.4) is 0 Å². The van der Waals surface area contributed by atoms with Crippen LogP contribution >= 0.6 is 0 Å². The fourth-order valence-electron chi connectivity index (χ4n) is 3.49. The Balaban J connectivity index is 1.88. The zero-order valence-electron chi connectivity index (χ0n) is 13.3. The smallest absolute Gasteiger partial charge is 0.320 e. The Kier molecular flexibility index (Phi) is 5.48. The Hall–Kier alpha value is -1.26. The van der Waals surface area contributed by atoms with Crippen LogP contribution in [0.1, 0.15) is 46.0 Å². The average molecular weight is 296 g/mol. The number of amides is 2. The summed E-state index contributed by atoms with van der Waals surface area (Å²) in [6.07, 6.45) is 4.42. The van der Waals surface area contributed by atoms with E-state index in [4.69, 9.17) is 5.11 Å². The van der Waals surface area contributed by atoms with Crippen molar-refractivity contribution >= 4 is 12.0 Å². The molecule has 21 heavy (non-hydrogen) atoms. The summed E-state index contributed by atoms with van der Waals surface area (Å²) in [5.41, 5.74) is 0. The first kappa shape index (κ1) is 16.1. The van der Waals surface area contributed by atoms with E-state index in [2.05, 4.69) is 6.92 Å². The lowest BCUT2D eigenvalue weighted by Crippen LogP contribution is -2.50. The monoisotopic (exact) mass is 296 g/mol. The maximum atomic E-state index is 12.6. The van der Waals surface area contributed by atoms with Crippen molar-refractivity contribution in [2.45, 2.75) is 46.0 Å². The van der Waals surface area contributed by atoms with E-state index in [1.807, 2.05) is 16.7 Å². The molecule has 0 bridgehead atoms. The van der Waals surface area contributed by atoms with E-state index < -0.39 is 5.97 Å². The molecule has 2 rings (SSSR count). The number of carboxylic acids is 1. The maximum Gasteiger partial charge on any atom is 0.320 e. The molecule has 5 heteroatoms. The van der Waals surface area contributed by atoms with Gasteiger partial charge in [0, 0.05) is 32.6 Å². The van der Waals surface area contributed by atoms with Crippen LogP contribution in [0.5, 0.6) is 0 Å². The highest BCUT2D eigenvalue weighted by Gasteiger charge is 2.31. The van der Waals surface area contributed by atoms with E-state index in [1.165, 1.54) is 0 Å². The first-order valence-corrected chi connectivity index (χ1v) is 8.23. The highest BCUT2D eigenvalue weighted by Crippen LogP contribution is 2.27. The summed E-state index contributed by atoms with van der Waals surface area (Å²) in [5.74, 6) is 0.441. The molecule has 0 saturated carbocycles. The largest absolute Gasteiger partial charge is 0.481 e. The van der Waals surface area contributed by atoms with Gasteiger partial charge in [-0.1, -0.05) is 13.8 Å². The molecule has 0 radical (unpaired) electrons. The molecular formula is C16H28N2O3. The summed E-state index contributed by atoms with van der Waals surface area (Å²) >= 11 is 0. The highest BCUT2D eigenvalue weighted by atomic mass is 16.4. The van der Waals surface area contributed by atoms with Gasteiger partial charge >= 0.3 is 12.0 Å². The Morgan fingerprint density at radius 2 is 1.81 bits per heavy atom. The van der Waals surface area contributed by atoms with Crippen LogP contribution in [0.25, 0.3) is 0 Å². The fraction of sp³-hybridized carbons (Fsp3) is 0.875. The van der Waals surface area contributed by atoms with Gasteiger partial charge in [0.05, 0.1) is 0 Å². The van der Waals surface area contributed by atoms with Gasteiger partial charge in [0.1, 0.15) is 0 Å². The van der Waals surface area contributed by atoms with Crippen LogP contribution in [0.4, 0.5) is 4.79 Å². The molecule has 2 amide bonds. The SMILES string of the molecule is CC1CCN(C(=O)N2CCCC(C(C)CC(=O)O)C2)CC1. The molecule has 2 heterocycles. The van der Waals surface area contributed by atoms with Gasteiger partial charge < -0.3 is 14.9 Å². The predicted octanol–water partition coefficient (Wildman–Crippen LogP) is 2.66. The summed E-state index contributed by atoms with van der Waals surface area (Å²) in [4.78, 5) is 27.4. The van der Waals surface area contributed by atoms with Crippen molar-refractivity contribution < 1.29 is 14.7 Å². The van der Waals surface area contributed by atoms with Crippen LogP contribution in [0.15, 0.2) is 0 Å². The van der Waals surface area contributed by atoms with E-state index in [1.54, 1.807) is 0 Å². The van der Waals surface area contributed by atoms with Gasteiger partial charge in [0.2, 0.25) is 0 Å². The maximum absolute atomic E-state index is 12.6. The zero-order valence-corrected chi connectivity index (χ0v) is 13.3. The van der Waals surface area contributed by atoms with Crippen molar-refractivity contribution in [1.29, 1.82) is 0 Å². The molecule has 2 atom stereocenters. The second-order valence-electron chi connectivity index (χ2n) is 6.88. The lowest BCUT2D eigenvalue weighted by atomic mass is 9.85. The Morgan fingerprint density at radius 1 is 1.14 bits per heavy atom. The molecule has 1 N–H and O–H groups in total. The van der Waals surface area contributed by atoms with E-state index in [0.29, 0.717) is 5.92 Å². The summed E-state index contributed by atoms with van der Waals surface area (Å²) < 4.78 is 0. The highest BCUT2D eigenvalue weighted by molar-refractivity contribution is 5.74. The van der Waals surface area contributed by atoms with Crippen molar-refractivity contribution in [3.63, 3.8) is 0 Å². The molecule has 0 aromatic heterocycles.